The number of aromatic nitrogens is 2. The number of halogens is 1. The smallest absolute Gasteiger partial charge is 0.410 e. The second kappa shape index (κ2) is 15.3. The van der Waals surface area contributed by atoms with E-state index in [0.717, 1.165) is 28.1 Å². The number of ether oxygens (including phenoxy) is 1. The fourth-order valence-corrected chi connectivity index (χ4v) is 11.3. The third-order valence-electron chi connectivity index (χ3n) is 11.6. The lowest BCUT2D eigenvalue weighted by atomic mass is 10.1. The van der Waals surface area contributed by atoms with E-state index < -0.39 is 74.5 Å². The molecule has 2 aromatic carbocycles. The molecule has 9 rings (SSSR count). The first-order valence-corrected chi connectivity index (χ1v) is 22.9. The molecular formula is C40H42FN7O7S3. The number of benzene rings is 2. The van der Waals surface area contributed by atoms with Gasteiger partial charge in [-0.3, -0.25) is 24.0 Å². The van der Waals surface area contributed by atoms with E-state index in [4.69, 9.17) is 14.7 Å². The maximum Gasteiger partial charge on any atom is 0.410 e. The van der Waals surface area contributed by atoms with Crippen LogP contribution in [0.2, 0.25) is 0 Å². The third kappa shape index (κ3) is 7.68. The highest BCUT2D eigenvalue weighted by molar-refractivity contribution is 7.91. The predicted molar refractivity (Wildman–Crippen MR) is 215 cm³/mol. The van der Waals surface area contributed by atoms with E-state index in [1.807, 2.05) is 41.8 Å². The van der Waals surface area contributed by atoms with E-state index in [0.29, 0.717) is 54.1 Å². The number of thiazole rings is 2. The fourth-order valence-electron chi connectivity index (χ4n) is 8.14. The van der Waals surface area contributed by atoms with Crippen molar-refractivity contribution < 1.29 is 36.7 Å². The lowest BCUT2D eigenvalue weighted by molar-refractivity contribution is -0.140. The van der Waals surface area contributed by atoms with Crippen molar-refractivity contribution in [2.24, 2.45) is 5.92 Å². The van der Waals surface area contributed by atoms with Crippen LogP contribution in [0.4, 0.5) is 14.3 Å². The van der Waals surface area contributed by atoms with Crippen molar-refractivity contribution in [1.29, 1.82) is 0 Å². The molecular weight excluding hydrogens is 806 g/mol. The zero-order valence-corrected chi connectivity index (χ0v) is 33.8. The Kier molecular flexibility index (Phi) is 10.2. The Morgan fingerprint density at radius 2 is 1.86 bits per heavy atom. The molecule has 2 aromatic heterocycles. The number of hydrogen-bond donors (Lipinski definition) is 3. The van der Waals surface area contributed by atoms with Gasteiger partial charge in [0, 0.05) is 29.8 Å². The largest absolute Gasteiger partial charge is 0.444 e. The number of carbonyl (C=O) groups is 4. The van der Waals surface area contributed by atoms with E-state index in [9.17, 15) is 32.0 Å². The number of anilines is 1. The number of carbonyl (C=O) groups excluding carboxylic acids is 4. The third-order valence-corrected chi connectivity index (χ3v) is 15.3. The number of hydrogen-bond acceptors (Lipinski definition) is 12. The Bertz CT molecular complexity index is 2400. The Morgan fingerprint density at radius 1 is 1.02 bits per heavy atom. The quantitative estimate of drug-likeness (QED) is 0.202. The summed E-state index contributed by atoms with van der Waals surface area (Å²) in [5.41, 5.74) is 1.10. The van der Waals surface area contributed by atoms with Gasteiger partial charge in [-0.2, -0.15) is 0 Å². The van der Waals surface area contributed by atoms with Crippen LogP contribution in [-0.4, -0.2) is 87.5 Å². The van der Waals surface area contributed by atoms with Crippen LogP contribution in [0.25, 0.3) is 20.9 Å². The molecule has 5 atom stereocenters. The maximum absolute atomic E-state index is 14.7. The number of amides is 4. The van der Waals surface area contributed by atoms with Crippen molar-refractivity contribution in [2.75, 3.05) is 11.9 Å². The minimum Gasteiger partial charge on any atom is -0.444 e. The zero-order valence-electron chi connectivity index (χ0n) is 31.4. The van der Waals surface area contributed by atoms with Crippen LogP contribution in [-0.2, 0) is 42.2 Å². The van der Waals surface area contributed by atoms with Gasteiger partial charge in [0.05, 0.1) is 28.6 Å². The number of rotatable bonds is 7. The summed E-state index contributed by atoms with van der Waals surface area (Å²) in [7, 11) is -3.91. The fraction of sp³-hybridized carbons (Fsp3) is 0.450. The lowest BCUT2D eigenvalue weighted by Crippen LogP contribution is -2.57. The molecule has 4 amide bonds. The molecule has 2 saturated carbocycles. The van der Waals surface area contributed by atoms with E-state index in [-0.39, 0.29) is 32.5 Å². The monoisotopic (exact) mass is 847 g/mol. The first-order chi connectivity index (χ1) is 28.0. The van der Waals surface area contributed by atoms with E-state index in [1.165, 1.54) is 38.5 Å². The minimum absolute atomic E-state index is 0.0231. The molecule has 0 unspecified atom stereocenters. The van der Waals surface area contributed by atoms with Crippen LogP contribution in [0.3, 0.4) is 0 Å². The molecule has 58 heavy (non-hydrogen) atoms. The second-order valence-electron chi connectivity index (χ2n) is 15.7. The van der Waals surface area contributed by atoms with Gasteiger partial charge in [-0.05, 0) is 62.3 Å². The average Bonchev–Trinajstić information content (AvgIpc) is 3.87. The molecule has 3 aliphatic heterocycles. The van der Waals surface area contributed by atoms with Crippen LogP contribution in [0.5, 0.6) is 0 Å². The van der Waals surface area contributed by atoms with Crippen molar-refractivity contribution >= 4 is 71.9 Å². The molecule has 5 heterocycles. The molecule has 3 fully saturated rings. The van der Waals surface area contributed by atoms with Crippen LogP contribution in [0, 0.1) is 11.7 Å². The number of fused-ring (bicyclic) bond motifs is 4. The normalized spacial score (nSPS) is 26.8. The summed E-state index contributed by atoms with van der Waals surface area (Å²) in [5.74, 6) is -2.72. The molecule has 304 valence electrons. The topological polar surface area (TPSA) is 180 Å². The molecule has 3 N–H and O–H groups in total. The van der Waals surface area contributed by atoms with Crippen LogP contribution in [0.1, 0.15) is 68.9 Å². The molecule has 0 spiro atoms. The SMILES string of the molecule is O=C1N[C@@]2(C(=O)NS(=O)(=O)C3CC3)C[C@@H]2/C=C\CCCCC[C@H](Nc2nc(-c3nc4ccccc4s3)cs2)C(=O)N2C[C@H](OC(=O)N3Cc4cccc(F)c4C3)C[C@@H]12. The van der Waals surface area contributed by atoms with E-state index in [1.54, 1.807) is 12.1 Å². The average molecular weight is 848 g/mol. The standard InChI is InChI=1S/C40H42FN7O7S3/c41-28-11-8-9-23-19-47(21-27(23)28)39(52)55-25-17-32-34(49)45-40(37(51)46-58(53,54)26-15-16-26)18-24(40)10-4-2-1-3-5-13-30(36(50)48(32)20-25)43-38-44-31(22-56-38)35-42-29-12-6-7-14-33(29)57-35/h4,6-12,14,22,24-26,30,32H,1-3,5,13,15-21H2,(H,43,44)(H,45,49)(H,46,51)/b10-4-/t24-,25+,30-,32-,40-/m0/s1. The second-order valence-corrected chi connectivity index (χ2v) is 19.6. The van der Waals surface area contributed by atoms with Crippen molar-refractivity contribution in [3.8, 4) is 10.7 Å². The van der Waals surface area contributed by atoms with Gasteiger partial charge in [0.25, 0.3) is 5.91 Å². The molecule has 2 aliphatic carbocycles. The maximum atomic E-state index is 14.7. The number of sulfonamides is 1. The van der Waals surface area contributed by atoms with Crippen molar-refractivity contribution in [3.63, 3.8) is 0 Å². The predicted octanol–water partition coefficient (Wildman–Crippen LogP) is 5.46. The van der Waals surface area contributed by atoms with Crippen LogP contribution in [0.15, 0.2) is 60.0 Å². The summed E-state index contributed by atoms with van der Waals surface area (Å²) < 4.78 is 49.4. The van der Waals surface area contributed by atoms with Crippen molar-refractivity contribution in [2.45, 2.75) is 99.9 Å². The molecule has 18 heteroatoms. The first kappa shape index (κ1) is 38.6. The number of para-hydroxylation sites is 1. The van der Waals surface area contributed by atoms with Gasteiger partial charge in [0.15, 0.2) is 5.13 Å². The Hall–Kier alpha value is -4.94. The minimum atomic E-state index is -3.91. The summed E-state index contributed by atoms with van der Waals surface area (Å²) in [6, 6.07) is 10.5. The molecule has 0 radical (unpaired) electrons. The van der Waals surface area contributed by atoms with Gasteiger partial charge in [-0.15, -0.1) is 22.7 Å². The van der Waals surface area contributed by atoms with Gasteiger partial charge in [-0.1, -0.05) is 49.3 Å². The highest BCUT2D eigenvalue weighted by Crippen LogP contribution is 2.46. The van der Waals surface area contributed by atoms with Gasteiger partial charge >= 0.3 is 6.09 Å². The van der Waals surface area contributed by atoms with Crippen LogP contribution < -0.4 is 15.4 Å². The summed E-state index contributed by atoms with van der Waals surface area (Å²) in [4.78, 5) is 68.7. The zero-order chi connectivity index (χ0) is 40.2. The highest BCUT2D eigenvalue weighted by atomic mass is 32.2. The number of nitrogens with one attached hydrogen (secondary N) is 3. The molecule has 0 bridgehead atoms. The summed E-state index contributed by atoms with van der Waals surface area (Å²) >= 11 is 2.86. The molecule has 5 aliphatic rings. The summed E-state index contributed by atoms with van der Waals surface area (Å²) in [6.07, 6.45) is 6.72. The Morgan fingerprint density at radius 3 is 2.67 bits per heavy atom. The highest BCUT2D eigenvalue weighted by Gasteiger charge is 2.62. The first-order valence-electron chi connectivity index (χ1n) is 19.6. The number of nitrogens with zero attached hydrogens (tertiary/aromatic N) is 4. The van der Waals surface area contributed by atoms with Crippen molar-refractivity contribution in [3.05, 3.63) is 76.9 Å². The van der Waals surface area contributed by atoms with E-state index in [2.05, 4.69) is 15.4 Å². The van der Waals surface area contributed by atoms with Crippen molar-refractivity contribution in [1.82, 2.24) is 29.8 Å². The van der Waals surface area contributed by atoms with Gasteiger partial charge in [-0.25, -0.2) is 27.6 Å². The number of allylic oxidation sites excluding steroid dienone is 1. The summed E-state index contributed by atoms with van der Waals surface area (Å²) in [6.45, 7) is 0.0684. The van der Waals surface area contributed by atoms with Crippen LogP contribution >= 0.6 is 22.7 Å². The lowest BCUT2D eigenvalue weighted by Gasteiger charge is -2.29. The Labute approximate surface area is 342 Å². The molecule has 1 saturated heterocycles. The summed E-state index contributed by atoms with van der Waals surface area (Å²) in [5, 5.41) is 8.70. The Balaban J connectivity index is 0.982. The molecule has 4 aromatic rings. The van der Waals surface area contributed by atoms with Gasteiger partial charge < -0.3 is 20.3 Å². The van der Waals surface area contributed by atoms with Gasteiger partial charge in [0.1, 0.15) is 40.2 Å². The van der Waals surface area contributed by atoms with E-state index >= 15 is 0 Å². The molecule has 14 nitrogen and oxygen atoms in total. The van der Waals surface area contributed by atoms with Gasteiger partial charge in [0.2, 0.25) is 21.8 Å².